The SMILES string of the molecule is CC1(C)C(C#N)=C(SCC(=O)Nc2c(F)cccc2F)NC(=O)[C@@H]1C#N. The first-order chi connectivity index (χ1) is 12.2. The Morgan fingerprint density at radius 3 is 2.50 bits per heavy atom. The van der Waals surface area contributed by atoms with Crippen LogP contribution in [0.5, 0.6) is 0 Å². The zero-order valence-electron chi connectivity index (χ0n) is 13.9. The molecular weight excluding hydrogens is 362 g/mol. The van der Waals surface area contributed by atoms with E-state index in [2.05, 4.69) is 10.6 Å². The Labute approximate surface area is 152 Å². The zero-order valence-corrected chi connectivity index (χ0v) is 14.7. The van der Waals surface area contributed by atoms with Gasteiger partial charge in [0.15, 0.2) is 0 Å². The van der Waals surface area contributed by atoms with E-state index < -0.39 is 40.5 Å². The molecule has 0 aromatic heterocycles. The number of rotatable bonds is 4. The first-order valence-electron chi connectivity index (χ1n) is 7.44. The highest BCUT2D eigenvalue weighted by molar-refractivity contribution is 8.03. The van der Waals surface area contributed by atoms with E-state index in [0.29, 0.717) is 0 Å². The molecule has 1 aliphatic rings. The Bertz CT molecular complexity index is 863. The number of benzene rings is 1. The Hall–Kier alpha value is -2.91. The predicted octanol–water partition coefficient (Wildman–Crippen LogP) is 2.67. The minimum absolute atomic E-state index is 0.151. The summed E-state index contributed by atoms with van der Waals surface area (Å²) < 4.78 is 27.1. The summed E-state index contributed by atoms with van der Waals surface area (Å²) in [7, 11) is 0. The molecule has 26 heavy (non-hydrogen) atoms. The Kier molecular flexibility index (Phi) is 5.63. The van der Waals surface area contributed by atoms with Crippen molar-refractivity contribution in [3.8, 4) is 12.1 Å². The molecule has 1 atom stereocenters. The van der Waals surface area contributed by atoms with Gasteiger partial charge < -0.3 is 10.6 Å². The first-order valence-corrected chi connectivity index (χ1v) is 8.43. The molecule has 0 unspecified atom stereocenters. The highest BCUT2D eigenvalue weighted by atomic mass is 32.2. The molecule has 2 amide bonds. The van der Waals surface area contributed by atoms with Crippen molar-refractivity contribution in [1.82, 2.24) is 5.32 Å². The fourth-order valence-electron chi connectivity index (χ4n) is 2.46. The Balaban J connectivity index is 2.16. The van der Waals surface area contributed by atoms with Gasteiger partial charge in [-0.15, -0.1) is 0 Å². The van der Waals surface area contributed by atoms with Crippen molar-refractivity contribution in [3.63, 3.8) is 0 Å². The van der Waals surface area contributed by atoms with Gasteiger partial charge in [0.25, 0.3) is 0 Å². The molecule has 0 aliphatic carbocycles. The van der Waals surface area contributed by atoms with Gasteiger partial charge in [-0.25, -0.2) is 8.78 Å². The monoisotopic (exact) mass is 376 g/mol. The van der Waals surface area contributed by atoms with E-state index in [-0.39, 0.29) is 16.4 Å². The number of allylic oxidation sites excluding steroid dienone is 1. The van der Waals surface area contributed by atoms with Crippen LogP contribution in [0.3, 0.4) is 0 Å². The van der Waals surface area contributed by atoms with Crippen molar-refractivity contribution in [2.75, 3.05) is 11.1 Å². The molecule has 0 saturated heterocycles. The lowest BCUT2D eigenvalue weighted by Crippen LogP contribution is -2.44. The average Bonchev–Trinajstić information content (AvgIpc) is 2.56. The summed E-state index contributed by atoms with van der Waals surface area (Å²) in [4.78, 5) is 24.0. The topological polar surface area (TPSA) is 106 Å². The third kappa shape index (κ3) is 3.68. The summed E-state index contributed by atoms with van der Waals surface area (Å²) in [6.45, 7) is 3.18. The molecule has 2 N–H and O–H groups in total. The number of hydrogen-bond donors (Lipinski definition) is 2. The number of hydrogen-bond acceptors (Lipinski definition) is 5. The Morgan fingerprint density at radius 1 is 1.35 bits per heavy atom. The molecule has 0 bridgehead atoms. The molecule has 1 heterocycles. The molecule has 0 fully saturated rings. The van der Waals surface area contributed by atoms with Crippen molar-refractivity contribution < 1.29 is 18.4 Å². The molecule has 2 rings (SSSR count). The molecule has 1 aromatic rings. The van der Waals surface area contributed by atoms with Gasteiger partial charge in [0.1, 0.15) is 23.2 Å². The lowest BCUT2D eigenvalue weighted by atomic mass is 9.72. The van der Waals surface area contributed by atoms with Crippen LogP contribution in [0, 0.1) is 45.6 Å². The number of carbonyl (C=O) groups is 2. The van der Waals surface area contributed by atoms with Crippen LogP contribution in [0.4, 0.5) is 14.5 Å². The second-order valence-electron chi connectivity index (χ2n) is 6.02. The second kappa shape index (κ2) is 7.54. The van der Waals surface area contributed by atoms with Crippen molar-refractivity contribution in [2.45, 2.75) is 13.8 Å². The number of nitriles is 2. The zero-order chi connectivity index (χ0) is 19.5. The predicted molar refractivity (Wildman–Crippen MR) is 91.1 cm³/mol. The minimum atomic E-state index is -1.04. The van der Waals surface area contributed by atoms with Crippen LogP contribution in [0.15, 0.2) is 28.8 Å². The van der Waals surface area contributed by atoms with E-state index in [9.17, 15) is 23.6 Å². The summed E-state index contributed by atoms with van der Waals surface area (Å²) in [5.41, 5.74) is -1.42. The normalized spacial score (nSPS) is 18.5. The summed E-state index contributed by atoms with van der Waals surface area (Å²) in [5, 5.41) is 23.3. The number of amides is 2. The van der Waals surface area contributed by atoms with Crippen LogP contribution in [-0.4, -0.2) is 17.6 Å². The maximum atomic E-state index is 13.6. The van der Waals surface area contributed by atoms with Gasteiger partial charge in [0, 0.05) is 5.41 Å². The van der Waals surface area contributed by atoms with E-state index in [1.54, 1.807) is 13.8 Å². The number of halogens is 2. The fraction of sp³-hybridized carbons (Fsp3) is 0.294. The number of nitrogens with one attached hydrogen (secondary N) is 2. The van der Waals surface area contributed by atoms with E-state index in [0.717, 1.165) is 23.9 Å². The lowest BCUT2D eigenvalue weighted by Gasteiger charge is -2.34. The van der Waals surface area contributed by atoms with E-state index in [1.807, 2.05) is 12.1 Å². The third-order valence-electron chi connectivity index (χ3n) is 3.91. The highest BCUT2D eigenvalue weighted by Crippen LogP contribution is 2.41. The fourth-order valence-corrected chi connectivity index (χ4v) is 3.44. The molecule has 0 spiro atoms. The van der Waals surface area contributed by atoms with E-state index in [1.165, 1.54) is 6.07 Å². The molecule has 134 valence electrons. The number of carbonyl (C=O) groups excluding carboxylic acids is 2. The van der Waals surface area contributed by atoms with Gasteiger partial charge in [-0.1, -0.05) is 31.7 Å². The summed E-state index contributed by atoms with van der Waals surface area (Å²) >= 11 is 0.847. The molecule has 6 nitrogen and oxygen atoms in total. The molecule has 1 aromatic carbocycles. The van der Waals surface area contributed by atoms with Crippen LogP contribution >= 0.6 is 11.8 Å². The molecule has 9 heteroatoms. The van der Waals surface area contributed by atoms with Crippen LogP contribution in [0.25, 0.3) is 0 Å². The van der Waals surface area contributed by atoms with Gasteiger partial charge in [-0.2, -0.15) is 10.5 Å². The highest BCUT2D eigenvalue weighted by Gasteiger charge is 2.44. The molecule has 0 radical (unpaired) electrons. The number of anilines is 1. The van der Waals surface area contributed by atoms with Crippen LogP contribution in [-0.2, 0) is 9.59 Å². The van der Waals surface area contributed by atoms with Crippen molar-refractivity contribution >= 4 is 29.3 Å². The third-order valence-corrected chi connectivity index (χ3v) is 4.91. The number of nitrogens with zero attached hydrogens (tertiary/aromatic N) is 2. The molecule has 0 saturated carbocycles. The van der Waals surface area contributed by atoms with Crippen molar-refractivity contribution in [1.29, 1.82) is 10.5 Å². The van der Waals surface area contributed by atoms with Gasteiger partial charge in [0.05, 0.1) is 28.5 Å². The summed E-state index contributed by atoms with van der Waals surface area (Å²) in [6.07, 6.45) is 0. The number of para-hydroxylation sites is 1. The van der Waals surface area contributed by atoms with Crippen molar-refractivity contribution in [2.24, 2.45) is 11.3 Å². The van der Waals surface area contributed by atoms with Crippen molar-refractivity contribution in [3.05, 3.63) is 40.4 Å². The van der Waals surface area contributed by atoms with E-state index in [4.69, 9.17) is 5.26 Å². The first kappa shape index (κ1) is 19.4. The van der Waals surface area contributed by atoms with Gasteiger partial charge in [-0.3, -0.25) is 9.59 Å². The second-order valence-corrected chi connectivity index (χ2v) is 7.01. The van der Waals surface area contributed by atoms with Crippen LogP contribution in [0.1, 0.15) is 13.8 Å². The minimum Gasteiger partial charge on any atom is -0.320 e. The van der Waals surface area contributed by atoms with E-state index >= 15 is 0 Å². The maximum absolute atomic E-state index is 13.6. The largest absolute Gasteiger partial charge is 0.320 e. The maximum Gasteiger partial charge on any atom is 0.243 e. The average molecular weight is 376 g/mol. The smallest absolute Gasteiger partial charge is 0.243 e. The lowest BCUT2D eigenvalue weighted by molar-refractivity contribution is -0.125. The number of thioether (sulfide) groups is 1. The Morgan fingerprint density at radius 2 is 1.96 bits per heavy atom. The molecule has 1 aliphatic heterocycles. The van der Waals surface area contributed by atoms with Gasteiger partial charge in [0.2, 0.25) is 11.8 Å². The standard InChI is InChI=1S/C17H14F2N4O2S/c1-17(2)9(6-20)15(25)23-16(10(17)7-21)26-8-13(24)22-14-11(18)4-3-5-12(14)19/h3-5,9H,8H2,1-2H3,(H,22,24)(H,23,25)/t9-/m0/s1. The molecular formula is C17H14F2N4O2S. The van der Waals surface area contributed by atoms with Crippen LogP contribution in [0.2, 0.25) is 0 Å². The van der Waals surface area contributed by atoms with Crippen LogP contribution < -0.4 is 10.6 Å². The van der Waals surface area contributed by atoms with Gasteiger partial charge in [-0.05, 0) is 12.1 Å². The van der Waals surface area contributed by atoms with Gasteiger partial charge >= 0.3 is 0 Å². The summed E-state index contributed by atoms with van der Waals surface area (Å²) in [5.74, 6) is -4.43. The quantitative estimate of drug-likeness (QED) is 0.840. The summed E-state index contributed by atoms with van der Waals surface area (Å²) in [6, 6.07) is 7.02.